The summed E-state index contributed by atoms with van der Waals surface area (Å²) in [4.78, 5) is 21.5. The van der Waals surface area contributed by atoms with Crippen molar-refractivity contribution in [3.63, 3.8) is 0 Å². The van der Waals surface area contributed by atoms with E-state index in [0.29, 0.717) is 33.9 Å². The van der Waals surface area contributed by atoms with E-state index < -0.39 is 4.92 Å². The highest BCUT2D eigenvalue weighted by Crippen LogP contribution is 2.33. The van der Waals surface area contributed by atoms with E-state index in [-0.39, 0.29) is 11.3 Å². The van der Waals surface area contributed by atoms with Crippen LogP contribution in [0.3, 0.4) is 0 Å². The zero-order chi connectivity index (χ0) is 15.6. The Kier molecular flexibility index (Phi) is 4.23. The number of hydrogen-bond donors (Lipinski definition) is 0. The van der Waals surface area contributed by atoms with Crippen molar-refractivity contribution in [2.24, 2.45) is 0 Å². The van der Waals surface area contributed by atoms with Crippen LogP contribution in [0.4, 0.5) is 5.69 Å². The van der Waals surface area contributed by atoms with E-state index in [4.69, 9.17) is 16.3 Å². The Morgan fingerprint density at radius 2 is 1.90 bits per heavy atom. The maximum absolute atomic E-state index is 11.1. The third-order valence-corrected chi connectivity index (χ3v) is 3.37. The maximum atomic E-state index is 11.1. The van der Waals surface area contributed by atoms with Crippen molar-refractivity contribution in [2.45, 2.75) is 13.8 Å². The molecule has 0 spiro atoms. The minimum atomic E-state index is -0.442. The second-order valence-corrected chi connectivity index (χ2v) is 4.94. The highest BCUT2D eigenvalue weighted by Gasteiger charge is 2.16. The van der Waals surface area contributed by atoms with Gasteiger partial charge >= 0.3 is 0 Å². The average molecular weight is 306 g/mol. The summed E-state index contributed by atoms with van der Waals surface area (Å²) in [6, 6.07) is 7.88. The number of halogens is 1. The second kappa shape index (κ2) is 5.93. The Hall–Kier alpha value is -2.40. The van der Waals surface area contributed by atoms with Gasteiger partial charge in [-0.3, -0.25) is 14.9 Å². The number of ether oxygens (including phenoxy) is 1. The van der Waals surface area contributed by atoms with Crippen LogP contribution in [0.2, 0.25) is 5.02 Å². The third kappa shape index (κ3) is 3.03. The molecule has 0 fully saturated rings. The number of rotatable bonds is 4. The first kappa shape index (κ1) is 15.0. The summed E-state index contributed by atoms with van der Waals surface area (Å²) < 4.78 is 5.69. The SMILES string of the molecule is Cc1cc([N+](=O)[O-])c(C)cc1Oc1cccc(Cl)c1C=O. The highest BCUT2D eigenvalue weighted by atomic mass is 35.5. The molecule has 0 aliphatic carbocycles. The molecule has 21 heavy (non-hydrogen) atoms. The van der Waals surface area contributed by atoms with Crippen molar-refractivity contribution < 1.29 is 14.5 Å². The molecule has 6 heteroatoms. The fraction of sp³-hybridized carbons (Fsp3) is 0.133. The van der Waals surface area contributed by atoms with Crippen molar-refractivity contribution >= 4 is 23.6 Å². The summed E-state index contributed by atoms with van der Waals surface area (Å²) in [7, 11) is 0. The lowest BCUT2D eigenvalue weighted by Gasteiger charge is -2.12. The largest absolute Gasteiger partial charge is 0.456 e. The molecule has 0 saturated carbocycles. The Morgan fingerprint density at radius 1 is 1.19 bits per heavy atom. The van der Waals surface area contributed by atoms with E-state index in [2.05, 4.69) is 0 Å². The van der Waals surface area contributed by atoms with Crippen LogP contribution < -0.4 is 4.74 Å². The quantitative estimate of drug-likeness (QED) is 0.475. The zero-order valence-electron chi connectivity index (χ0n) is 11.4. The van der Waals surface area contributed by atoms with Crippen LogP contribution in [0.15, 0.2) is 30.3 Å². The Bertz CT molecular complexity index is 728. The first-order valence-electron chi connectivity index (χ1n) is 6.11. The third-order valence-electron chi connectivity index (χ3n) is 3.04. The number of hydrogen-bond acceptors (Lipinski definition) is 4. The van der Waals surface area contributed by atoms with Crippen molar-refractivity contribution in [2.75, 3.05) is 0 Å². The number of nitro benzene ring substituents is 1. The maximum Gasteiger partial charge on any atom is 0.272 e. The molecule has 0 atom stereocenters. The van der Waals surface area contributed by atoms with Gasteiger partial charge in [-0.05, 0) is 37.6 Å². The Balaban J connectivity index is 2.46. The highest BCUT2D eigenvalue weighted by molar-refractivity contribution is 6.33. The lowest BCUT2D eigenvalue weighted by molar-refractivity contribution is -0.385. The molecule has 0 N–H and O–H groups in total. The van der Waals surface area contributed by atoms with Crippen molar-refractivity contribution in [3.8, 4) is 11.5 Å². The van der Waals surface area contributed by atoms with Crippen LogP contribution in [0, 0.1) is 24.0 Å². The second-order valence-electron chi connectivity index (χ2n) is 4.53. The number of nitrogens with zero attached hydrogens (tertiary/aromatic N) is 1. The fourth-order valence-electron chi connectivity index (χ4n) is 1.92. The van der Waals surface area contributed by atoms with Gasteiger partial charge in [0.2, 0.25) is 0 Å². The van der Waals surface area contributed by atoms with Crippen molar-refractivity contribution in [1.29, 1.82) is 0 Å². The van der Waals surface area contributed by atoms with Gasteiger partial charge in [-0.2, -0.15) is 0 Å². The van der Waals surface area contributed by atoms with Gasteiger partial charge in [-0.25, -0.2) is 0 Å². The molecule has 5 nitrogen and oxygen atoms in total. The van der Waals surface area contributed by atoms with Gasteiger partial charge in [0.05, 0.1) is 15.5 Å². The van der Waals surface area contributed by atoms with Crippen molar-refractivity contribution in [1.82, 2.24) is 0 Å². The van der Waals surface area contributed by atoms with Gasteiger partial charge in [-0.15, -0.1) is 0 Å². The van der Waals surface area contributed by atoms with Gasteiger partial charge in [0.1, 0.15) is 11.5 Å². The number of nitro groups is 1. The lowest BCUT2D eigenvalue weighted by Crippen LogP contribution is -1.97. The lowest BCUT2D eigenvalue weighted by atomic mass is 10.1. The zero-order valence-corrected chi connectivity index (χ0v) is 12.2. The number of aldehydes is 1. The summed E-state index contributed by atoms with van der Waals surface area (Å²) in [6.07, 6.45) is 0.616. The van der Waals surface area contributed by atoms with Crippen LogP contribution >= 0.6 is 11.6 Å². The van der Waals surface area contributed by atoms with Gasteiger partial charge in [0, 0.05) is 11.6 Å². The van der Waals surface area contributed by atoms with Crippen LogP contribution in [-0.2, 0) is 0 Å². The van der Waals surface area contributed by atoms with E-state index in [9.17, 15) is 14.9 Å². The number of carbonyl (C=O) groups excluding carboxylic acids is 1. The molecule has 0 aromatic heterocycles. The topological polar surface area (TPSA) is 69.4 Å². The fourth-order valence-corrected chi connectivity index (χ4v) is 2.13. The molecule has 108 valence electrons. The van der Waals surface area contributed by atoms with Crippen LogP contribution in [0.25, 0.3) is 0 Å². The van der Waals surface area contributed by atoms with Crippen molar-refractivity contribution in [3.05, 3.63) is 62.2 Å². The van der Waals surface area contributed by atoms with Crippen LogP contribution in [-0.4, -0.2) is 11.2 Å². The Morgan fingerprint density at radius 3 is 2.52 bits per heavy atom. The molecule has 0 heterocycles. The smallest absolute Gasteiger partial charge is 0.272 e. The molecule has 0 radical (unpaired) electrons. The monoisotopic (exact) mass is 305 g/mol. The number of carbonyl (C=O) groups is 1. The van der Waals surface area contributed by atoms with Gasteiger partial charge in [0.15, 0.2) is 6.29 Å². The average Bonchev–Trinajstić information content (AvgIpc) is 2.42. The molecular weight excluding hydrogens is 294 g/mol. The van der Waals surface area contributed by atoms with Gasteiger partial charge < -0.3 is 4.74 Å². The van der Waals surface area contributed by atoms with Crippen LogP contribution in [0.1, 0.15) is 21.5 Å². The molecule has 0 aliphatic heterocycles. The Labute approximate surface area is 126 Å². The van der Waals surface area contributed by atoms with E-state index in [1.165, 1.54) is 6.07 Å². The van der Waals surface area contributed by atoms with E-state index >= 15 is 0 Å². The molecule has 0 saturated heterocycles. The summed E-state index contributed by atoms with van der Waals surface area (Å²) in [5, 5.41) is 11.2. The first-order valence-corrected chi connectivity index (χ1v) is 6.49. The van der Waals surface area contributed by atoms with E-state index in [1.54, 1.807) is 38.1 Å². The van der Waals surface area contributed by atoms with Gasteiger partial charge in [0.25, 0.3) is 5.69 Å². The standard InChI is InChI=1S/C15H12ClNO4/c1-9-7-15(10(2)6-13(9)17(19)20)21-14-5-3-4-12(16)11(14)8-18/h3-8H,1-2H3. The minimum absolute atomic E-state index is 0.0292. The van der Waals surface area contributed by atoms with E-state index in [1.807, 2.05) is 0 Å². The van der Waals surface area contributed by atoms with Crippen LogP contribution in [0.5, 0.6) is 11.5 Å². The van der Waals surface area contributed by atoms with Gasteiger partial charge in [-0.1, -0.05) is 17.7 Å². The summed E-state index contributed by atoms with van der Waals surface area (Å²) in [6.45, 7) is 3.33. The molecule has 0 aliphatic rings. The normalized spacial score (nSPS) is 10.2. The molecule has 2 aromatic rings. The predicted octanol–water partition coefficient (Wildman–Crippen LogP) is 4.47. The summed E-state index contributed by atoms with van der Waals surface area (Å²) in [5.74, 6) is 0.761. The minimum Gasteiger partial charge on any atom is -0.456 e. The number of benzene rings is 2. The molecule has 2 aromatic carbocycles. The van der Waals surface area contributed by atoms with E-state index in [0.717, 1.165) is 0 Å². The molecule has 0 amide bonds. The number of aryl methyl sites for hydroxylation is 2. The molecule has 2 rings (SSSR count). The first-order chi connectivity index (χ1) is 9.93. The predicted molar refractivity (Wildman–Crippen MR) is 79.5 cm³/mol. The summed E-state index contributed by atoms with van der Waals surface area (Å²) >= 11 is 5.93. The molecule has 0 unspecified atom stereocenters. The molecular formula is C15H12ClNO4. The summed E-state index contributed by atoms with van der Waals surface area (Å²) in [5.41, 5.74) is 1.36. The molecule has 0 bridgehead atoms.